The fraction of sp³-hybridized carbons (Fsp3) is 0.417. The van der Waals surface area contributed by atoms with Crippen molar-refractivity contribution < 1.29 is 28.5 Å². The Balaban J connectivity index is 1.65. The van der Waals surface area contributed by atoms with Gasteiger partial charge in [0.2, 0.25) is 11.8 Å². The van der Waals surface area contributed by atoms with Crippen LogP contribution in [-0.2, 0) is 22.4 Å². The lowest BCUT2D eigenvalue weighted by Crippen LogP contribution is -2.29. The Morgan fingerprint density at radius 2 is 1.00 bits per heavy atom. The molecule has 8 heteroatoms. The van der Waals surface area contributed by atoms with Gasteiger partial charge in [0, 0.05) is 25.9 Å². The lowest BCUT2D eigenvalue weighted by Gasteiger charge is -2.11. The van der Waals surface area contributed by atoms with Crippen molar-refractivity contribution >= 4 is 11.8 Å². The van der Waals surface area contributed by atoms with Gasteiger partial charge >= 0.3 is 0 Å². The van der Waals surface area contributed by atoms with E-state index in [0.717, 1.165) is 11.1 Å². The molecule has 0 fully saturated rings. The van der Waals surface area contributed by atoms with Gasteiger partial charge in [0.15, 0.2) is 23.0 Å². The second-order valence-electron chi connectivity index (χ2n) is 7.08. The van der Waals surface area contributed by atoms with E-state index in [4.69, 9.17) is 18.9 Å². The molecule has 32 heavy (non-hydrogen) atoms. The Kier molecular flexibility index (Phi) is 10.2. The van der Waals surface area contributed by atoms with Crippen molar-refractivity contribution in [3.8, 4) is 23.0 Å². The smallest absolute Gasteiger partial charge is 0.220 e. The van der Waals surface area contributed by atoms with Gasteiger partial charge in [-0.2, -0.15) is 0 Å². The molecular formula is C24H32N2O6. The highest BCUT2D eigenvalue weighted by Crippen LogP contribution is 2.28. The standard InChI is InChI=1S/C24H32N2O6/c1-29-19-7-5-17(15-21(19)31-3)11-13-25-23(27)9-10-24(28)26-14-12-18-6-8-20(30-2)22(16-18)32-4/h5-8,15-16H,9-14H2,1-4H3,(H,25,27)(H,26,28). The zero-order valence-corrected chi connectivity index (χ0v) is 19.2. The molecule has 174 valence electrons. The van der Waals surface area contributed by atoms with Gasteiger partial charge in [0.25, 0.3) is 0 Å². The van der Waals surface area contributed by atoms with Crippen LogP contribution in [0.15, 0.2) is 36.4 Å². The second-order valence-corrected chi connectivity index (χ2v) is 7.08. The quantitative estimate of drug-likeness (QED) is 0.493. The molecule has 0 radical (unpaired) electrons. The third-order valence-electron chi connectivity index (χ3n) is 4.95. The summed E-state index contributed by atoms with van der Waals surface area (Å²) in [6.45, 7) is 0.963. The van der Waals surface area contributed by atoms with Gasteiger partial charge in [-0.3, -0.25) is 9.59 Å². The van der Waals surface area contributed by atoms with Crippen molar-refractivity contribution in [3.63, 3.8) is 0 Å². The molecule has 0 aliphatic rings. The maximum absolute atomic E-state index is 12.0. The first-order valence-electron chi connectivity index (χ1n) is 10.5. The Bertz CT molecular complexity index is 827. The lowest BCUT2D eigenvalue weighted by molar-refractivity contribution is -0.126. The van der Waals surface area contributed by atoms with Crippen LogP contribution in [0.25, 0.3) is 0 Å². The summed E-state index contributed by atoms with van der Waals surface area (Å²) in [5.74, 6) is 2.33. The third kappa shape index (κ3) is 7.68. The molecule has 0 aromatic heterocycles. The number of nitrogens with one attached hydrogen (secondary N) is 2. The van der Waals surface area contributed by atoms with Crippen molar-refractivity contribution in [2.75, 3.05) is 41.5 Å². The molecule has 0 spiro atoms. The Hall–Kier alpha value is -3.42. The molecular weight excluding hydrogens is 412 g/mol. The number of rotatable bonds is 13. The molecule has 2 aromatic rings. The average Bonchev–Trinajstić information content (AvgIpc) is 2.82. The minimum Gasteiger partial charge on any atom is -0.493 e. The van der Waals surface area contributed by atoms with Crippen LogP contribution in [0.5, 0.6) is 23.0 Å². The number of hydrogen-bond donors (Lipinski definition) is 2. The summed E-state index contributed by atoms with van der Waals surface area (Å²) in [7, 11) is 6.35. The zero-order chi connectivity index (χ0) is 23.3. The van der Waals surface area contributed by atoms with Crippen LogP contribution in [0.2, 0.25) is 0 Å². The first kappa shape index (κ1) is 24.8. The number of ether oxygens (including phenoxy) is 4. The summed E-state index contributed by atoms with van der Waals surface area (Å²) in [6.07, 6.45) is 1.61. The van der Waals surface area contributed by atoms with Crippen molar-refractivity contribution in [2.24, 2.45) is 0 Å². The molecule has 0 atom stereocenters. The van der Waals surface area contributed by atoms with Crippen LogP contribution >= 0.6 is 0 Å². The van der Waals surface area contributed by atoms with Crippen LogP contribution in [0.1, 0.15) is 24.0 Å². The minimum absolute atomic E-state index is 0.147. The number of benzene rings is 2. The van der Waals surface area contributed by atoms with Crippen molar-refractivity contribution in [1.82, 2.24) is 10.6 Å². The Morgan fingerprint density at radius 3 is 1.34 bits per heavy atom. The minimum atomic E-state index is -0.152. The topological polar surface area (TPSA) is 95.1 Å². The van der Waals surface area contributed by atoms with Crippen LogP contribution in [0.4, 0.5) is 0 Å². The number of amides is 2. The molecule has 2 N–H and O–H groups in total. The van der Waals surface area contributed by atoms with E-state index in [0.29, 0.717) is 48.9 Å². The van der Waals surface area contributed by atoms with E-state index in [1.165, 1.54) is 0 Å². The molecule has 0 saturated heterocycles. The van der Waals surface area contributed by atoms with Gasteiger partial charge in [-0.1, -0.05) is 12.1 Å². The van der Waals surface area contributed by atoms with Gasteiger partial charge in [0.05, 0.1) is 28.4 Å². The summed E-state index contributed by atoms with van der Waals surface area (Å²) < 4.78 is 21.0. The second kappa shape index (κ2) is 13.1. The number of carbonyl (C=O) groups is 2. The first-order chi connectivity index (χ1) is 15.5. The average molecular weight is 445 g/mol. The molecule has 2 aromatic carbocycles. The SMILES string of the molecule is COc1ccc(CCNC(=O)CCC(=O)NCCc2ccc(OC)c(OC)c2)cc1OC. The maximum atomic E-state index is 12.0. The monoisotopic (exact) mass is 444 g/mol. The van der Waals surface area contributed by atoms with E-state index in [1.807, 2.05) is 36.4 Å². The van der Waals surface area contributed by atoms with E-state index >= 15 is 0 Å². The molecule has 0 saturated carbocycles. The fourth-order valence-corrected chi connectivity index (χ4v) is 3.17. The zero-order valence-electron chi connectivity index (χ0n) is 19.2. The predicted molar refractivity (Wildman–Crippen MR) is 122 cm³/mol. The van der Waals surface area contributed by atoms with Gasteiger partial charge in [-0.05, 0) is 48.2 Å². The summed E-state index contributed by atoms with van der Waals surface area (Å²) in [5.41, 5.74) is 2.05. The van der Waals surface area contributed by atoms with Crippen molar-refractivity contribution in [1.29, 1.82) is 0 Å². The number of carbonyl (C=O) groups excluding carboxylic acids is 2. The third-order valence-corrected chi connectivity index (χ3v) is 4.95. The van der Waals surface area contributed by atoms with Gasteiger partial charge in [0.1, 0.15) is 0 Å². The molecule has 0 heterocycles. The largest absolute Gasteiger partial charge is 0.493 e. The molecule has 8 nitrogen and oxygen atoms in total. The van der Waals surface area contributed by atoms with Crippen molar-refractivity contribution in [3.05, 3.63) is 47.5 Å². The highest BCUT2D eigenvalue weighted by Gasteiger charge is 2.09. The summed E-state index contributed by atoms with van der Waals surface area (Å²) >= 11 is 0. The van der Waals surface area contributed by atoms with E-state index in [-0.39, 0.29) is 24.7 Å². The Labute approximate surface area is 189 Å². The summed E-state index contributed by atoms with van der Waals surface area (Å²) in [6, 6.07) is 11.3. The summed E-state index contributed by atoms with van der Waals surface area (Å²) in [4.78, 5) is 24.1. The summed E-state index contributed by atoms with van der Waals surface area (Å²) in [5, 5.41) is 5.68. The van der Waals surface area contributed by atoms with Gasteiger partial charge in [-0.25, -0.2) is 0 Å². The maximum Gasteiger partial charge on any atom is 0.220 e. The lowest BCUT2D eigenvalue weighted by atomic mass is 10.1. The molecule has 2 rings (SSSR count). The predicted octanol–water partition coefficient (Wildman–Crippen LogP) is 2.52. The molecule has 0 aliphatic heterocycles. The molecule has 0 aliphatic carbocycles. The van der Waals surface area contributed by atoms with E-state index in [1.54, 1.807) is 28.4 Å². The van der Waals surface area contributed by atoms with Crippen LogP contribution in [0, 0.1) is 0 Å². The molecule has 0 unspecified atom stereocenters. The normalized spacial score (nSPS) is 10.2. The first-order valence-corrected chi connectivity index (χ1v) is 10.5. The van der Waals surface area contributed by atoms with Crippen LogP contribution in [0.3, 0.4) is 0 Å². The Morgan fingerprint density at radius 1 is 0.625 bits per heavy atom. The molecule has 2 amide bonds. The van der Waals surface area contributed by atoms with E-state index < -0.39 is 0 Å². The highest BCUT2D eigenvalue weighted by molar-refractivity contribution is 5.83. The number of methoxy groups -OCH3 is 4. The van der Waals surface area contributed by atoms with Gasteiger partial charge < -0.3 is 29.6 Å². The highest BCUT2D eigenvalue weighted by atomic mass is 16.5. The van der Waals surface area contributed by atoms with Crippen molar-refractivity contribution in [2.45, 2.75) is 25.7 Å². The van der Waals surface area contributed by atoms with Crippen LogP contribution in [-0.4, -0.2) is 53.3 Å². The van der Waals surface area contributed by atoms with Gasteiger partial charge in [-0.15, -0.1) is 0 Å². The van der Waals surface area contributed by atoms with Crippen LogP contribution < -0.4 is 29.6 Å². The number of hydrogen-bond acceptors (Lipinski definition) is 6. The van der Waals surface area contributed by atoms with E-state index in [2.05, 4.69) is 10.6 Å². The van der Waals surface area contributed by atoms with E-state index in [9.17, 15) is 9.59 Å². The fourth-order valence-electron chi connectivity index (χ4n) is 3.17. The molecule has 0 bridgehead atoms.